The topological polar surface area (TPSA) is 29.3 Å². The molecular formula is C15H24N2. The predicted octanol–water partition coefficient (Wildman–Crippen LogP) is 2.17. The highest BCUT2D eigenvalue weighted by Crippen LogP contribution is 2.25. The van der Waals surface area contributed by atoms with Crippen LogP contribution in [0.3, 0.4) is 0 Å². The Balaban J connectivity index is 2.19. The second-order valence-corrected chi connectivity index (χ2v) is 5.43. The van der Waals surface area contributed by atoms with Gasteiger partial charge in [0.15, 0.2) is 0 Å². The second kappa shape index (κ2) is 5.65. The molecule has 1 aliphatic carbocycles. The number of nitrogens with two attached hydrogens (primary N) is 1. The highest BCUT2D eigenvalue weighted by Gasteiger charge is 2.14. The van der Waals surface area contributed by atoms with Crippen molar-refractivity contribution in [3.63, 3.8) is 0 Å². The van der Waals surface area contributed by atoms with Gasteiger partial charge in [-0.15, -0.1) is 0 Å². The normalized spacial score (nSPS) is 16.9. The van der Waals surface area contributed by atoms with Gasteiger partial charge >= 0.3 is 0 Å². The van der Waals surface area contributed by atoms with Gasteiger partial charge in [-0.1, -0.05) is 18.2 Å². The summed E-state index contributed by atoms with van der Waals surface area (Å²) in [5, 5.41) is 0. The van der Waals surface area contributed by atoms with Crippen LogP contribution in [0.25, 0.3) is 0 Å². The molecule has 0 radical (unpaired) electrons. The molecule has 94 valence electrons. The summed E-state index contributed by atoms with van der Waals surface area (Å²) in [4.78, 5) is 2.22. The first kappa shape index (κ1) is 12.6. The van der Waals surface area contributed by atoms with E-state index in [9.17, 15) is 0 Å². The summed E-state index contributed by atoms with van der Waals surface area (Å²) in [6, 6.07) is 7.00. The van der Waals surface area contributed by atoms with Crippen molar-refractivity contribution in [2.45, 2.75) is 31.6 Å². The number of benzene rings is 1. The molecule has 0 saturated heterocycles. The molecule has 0 aliphatic heterocycles. The zero-order valence-corrected chi connectivity index (χ0v) is 11.1. The van der Waals surface area contributed by atoms with Crippen molar-refractivity contribution in [2.75, 3.05) is 27.2 Å². The molecule has 17 heavy (non-hydrogen) atoms. The summed E-state index contributed by atoms with van der Waals surface area (Å²) in [7, 11) is 4.22. The minimum Gasteiger partial charge on any atom is -0.330 e. The fourth-order valence-corrected chi connectivity index (χ4v) is 2.76. The van der Waals surface area contributed by atoms with Crippen LogP contribution >= 0.6 is 0 Å². The van der Waals surface area contributed by atoms with Gasteiger partial charge < -0.3 is 10.6 Å². The number of nitrogens with zero attached hydrogens (tertiary/aromatic N) is 1. The summed E-state index contributed by atoms with van der Waals surface area (Å²) >= 11 is 0. The molecule has 2 nitrogen and oxygen atoms in total. The van der Waals surface area contributed by atoms with Gasteiger partial charge in [-0.3, -0.25) is 0 Å². The van der Waals surface area contributed by atoms with Gasteiger partial charge in [0.05, 0.1) is 0 Å². The van der Waals surface area contributed by atoms with E-state index in [1.54, 1.807) is 11.1 Å². The van der Waals surface area contributed by atoms with Gasteiger partial charge in [0, 0.05) is 19.0 Å². The fraction of sp³-hybridized carbons (Fsp3) is 0.600. The van der Waals surface area contributed by atoms with Crippen LogP contribution in [0.2, 0.25) is 0 Å². The van der Waals surface area contributed by atoms with Crippen molar-refractivity contribution in [1.82, 2.24) is 4.90 Å². The number of fused-ring (bicyclic) bond motifs is 1. The van der Waals surface area contributed by atoms with Gasteiger partial charge in [-0.05, 0) is 56.5 Å². The Hall–Kier alpha value is -0.860. The van der Waals surface area contributed by atoms with E-state index in [4.69, 9.17) is 5.73 Å². The molecule has 1 atom stereocenters. The van der Waals surface area contributed by atoms with Crippen molar-refractivity contribution in [2.24, 2.45) is 5.73 Å². The second-order valence-electron chi connectivity index (χ2n) is 5.43. The Morgan fingerprint density at radius 3 is 2.53 bits per heavy atom. The van der Waals surface area contributed by atoms with Crippen LogP contribution in [0.4, 0.5) is 0 Å². The van der Waals surface area contributed by atoms with Gasteiger partial charge in [-0.25, -0.2) is 0 Å². The van der Waals surface area contributed by atoms with Crippen molar-refractivity contribution in [3.05, 3.63) is 34.9 Å². The SMILES string of the molecule is CN(C)CC(CN)c1ccc2c(c1)CCCC2. The number of rotatable bonds is 4. The zero-order chi connectivity index (χ0) is 12.3. The molecule has 0 saturated carbocycles. The Bertz CT molecular complexity index is 371. The minimum atomic E-state index is 0.470. The molecule has 2 rings (SSSR count). The third-order valence-electron chi connectivity index (χ3n) is 3.71. The zero-order valence-electron chi connectivity index (χ0n) is 11.1. The molecule has 2 heteroatoms. The average Bonchev–Trinajstić information content (AvgIpc) is 2.35. The van der Waals surface area contributed by atoms with Gasteiger partial charge in [0.1, 0.15) is 0 Å². The fourth-order valence-electron chi connectivity index (χ4n) is 2.76. The molecular weight excluding hydrogens is 208 g/mol. The third-order valence-corrected chi connectivity index (χ3v) is 3.71. The Morgan fingerprint density at radius 1 is 1.18 bits per heavy atom. The van der Waals surface area contributed by atoms with Gasteiger partial charge in [-0.2, -0.15) is 0 Å². The van der Waals surface area contributed by atoms with Crippen molar-refractivity contribution >= 4 is 0 Å². The lowest BCUT2D eigenvalue weighted by Crippen LogP contribution is -2.26. The number of likely N-dealkylation sites (N-methyl/N-ethyl adjacent to an activating group) is 1. The quantitative estimate of drug-likeness (QED) is 0.862. The molecule has 0 bridgehead atoms. The van der Waals surface area contributed by atoms with E-state index < -0.39 is 0 Å². The molecule has 1 aromatic carbocycles. The lowest BCUT2D eigenvalue weighted by Gasteiger charge is -2.23. The predicted molar refractivity (Wildman–Crippen MR) is 73.4 cm³/mol. The van der Waals surface area contributed by atoms with E-state index in [0.29, 0.717) is 5.92 Å². The van der Waals surface area contributed by atoms with Crippen molar-refractivity contribution < 1.29 is 0 Å². The summed E-state index contributed by atoms with van der Waals surface area (Å²) in [5.74, 6) is 0.470. The van der Waals surface area contributed by atoms with Crippen LogP contribution in [0, 0.1) is 0 Å². The maximum absolute atomic E-state index is 5.90. The van der Waals surface area contributed by atoms with E-state index in [2.05, 4.69) is 37.2 Å². The highest BCUT2D eigenvalue weighted by molar-refractivity contribution is 5.35. The molecule has 0 heterocycles. The number of hydrogen-bond donors (Lipinski definition) is 1. The van der Waals surface area contributed by atoms with E-state index in [1.807, 2.05) is 0 Å². The van der Waals surface area contributed by atoms with E-state index >= 15 is 0 Å². The van der Waals surface area contributed by atoms with Crippen LogP contribution in [-0.2, 0) is 12.8 Å². The van der Waals surface area contributed by atoms with Crippen LogP contribution < -0.4 is 5.73 Å². The van der Waals surface area contributed by atoms with Crippen LogP contribution in [0.15, 0.2) is 18.2 Å². The molecule has 1 unspecified atom stereocenters. The molecule has 0 spiro atoms. The first-order valence-electron chi connectivity index (χ1n) is 6.67. The summed E-state index contributed by atoms with van der Waals surface area (Å²) in [6.45, 7) is 1.77. The van der Waals surface area contributed by atoms with Crippen molar-refractivity contribution in [3.8, 4) is 0 Å². The maximum atomic E-state index is 5.90. The van der Waals surface area contributed by atoms with Gasteiger partial charge in [0.25, 0.3) is 0 Å². The summed E-state index contributed by atoms with van der Waals surface area (Å²) < 4.78 is 0. The van der Waals surface area contributed by atoms with E-state index in [1.165, 1.54) is 31.2 Å². The molecule has 2 N–H and O–H groups in total. The molecule has 0 amide bonds. The Morgan fingerprint density at radius 2 is 1.88 bits per heavy atom. The van der Waals surface area contributed by atoms with Crippen LogP contribution in [0.1, 0.15) is 35.4 Å². The van der Waals surface area contributed by atoms with Gasteiger partial charge in [0.2, 0.25) is 0 Å². The van der Waals surface area contributed by atoms with Crippen LogP contribution in [-0.4, -0.2) is 32.1 Å². The molecule has 0 aromatic heterocycles. The third kappa shape index (κ3) is 3.08. The summed E-state index contributed by atoms with van der Waals surface area (Å²) in [5.41, 5.74) is 10.4. The average molecular weight is 232 g/mol. The van der Waals surface area contributed by atoms with Crippen LogP contribution in [0.5, 0.6) is 0 Å². The maximum Gasteiger partial charge on any atom is 0.00887 e. The minimum absolute atomic E-state index is 0.470. The number of hydrogen-bond acceptors (Lipinski definition) is 2. The standard InChI is InChI=1S/C15H24N2/c1-17(2)11-15(10-16)14-8-7-12-5-3-4-6-13(12)9-14/h7-9,15H,3-6,10-11,16H2,1-2H3. The largest absolute Gasteiger partial charge is 0.330 e. The molecule has 1 aromatic rings. The summed E-state index contributed by atoms with van der Waals surface area (Å²) in [6.07, 6.45) is 5.21. The van der Waals surface area contributed by atoms with E-state index in [-0.39, 0.29) is 0 Å². The smallest absolute Gasteiger partial charge is 0.00887 e. The molecule has 1 aliphatic rings. The lowest BCUT2D eigenvalue weighted by molar-refractivity contribution is 0.375. The van der Waals surface area contributed by atoms with Crippen molar-refractivity contribution in [1.29, 1.82) is 0 Å². The first-order valence-corrected chi connectivity index (χ1v) is 6.67. The first-order chi connectivity index (χ1) is 8.20. The van der Waals surface area contributed by atoms with E-state index in [0.717, 1.165) is 13.1 Å². The lowest BCUT2D eigenvalue weighted by atomic mass is 9.87. The Kier molecular flexibility index (Phi) is 4.19. The monoisotopic (exact) mass is 232 g/mol. The number of aryl methyl sites for hydroxylation is 2. The Labute approximate surface area is 105 Å². The molecule has 0 fully saturated rings. The highest BCUT2D eigenvalue weighted by atomic mass is 15.1.